The highest BCUT2D eigenvalue weighted by Gasteiger charge is 2.30. The Bertz CT molecular complexity index is 1330. The first-order valence-corrected chi connectivity index (χ1v) is 11.2. The molecule has 0 bridgehead atoms. The zero-order valence-electron chi connectivity index (χ0n) is 18.7. The number of hydrogen-bond acceptors (Lipinski definition) is 4. The van der Waals surface area contributed by atoms with Gasteiger partial charge in [-0.1, -0.05) is 36.4 Å². The molecule has 6 nitrogen and oxygen atoms in total. The Morgan fingerprint density at radius 1 is 0.800 bits per heavy atom. The Labute approximate surface area is 200 Å². The van der Waals surface area contributed by atoms with Gasteiger partial charge in [-0.15, -0.1) is 10.2 Å². The van der Waals surface area contributed by atoms with Crippen molar-refractivity contribution >= 4 is 28.3 Å². The fourth-order valence-corrected chi connectivity index (χ4v) is 4.08. The maximum absolute atomic E-state index is 12.7. The summed E-state index contributed by atoms with van der Waals surface area (Å²) in [5, 5.41) is 13.8. The molecule has 5 rings (SSSR count). The van der Waals surface area contributed by atoms with Gasteiger partial charge in [-0.2, -0.15) is 13.2 Å². The summed E-state index contributed by atoms with van der Waals surface area (Å²) in [6.45, 7) is 2.07. The summed E-state index contributed by atoms with van der Waals surface area (Å²) in [5.74, 6) is 0.734. The molecule has 1 aromatic heterocycles. The highest BCUT2D eigenvalue weighted by atomic mass is 19.4. The van der Waals surface area contributed by atoms with Crippen LogP contribution in [0, 0.1) is 0 Å². The molecule has 35 heavy (non-hydrogen) atoms. The second-order valence-electron chi connectivity index (χ2n) is 8.32. The van der Waals surface area contributed by atoms with Crippen LogP contribution in [0.3, 0.4) is 0 Å². The molecule has 0 radical (unpaired) electrons. The van der Waals surface area contributed by atoms with Crippen molar-refractivity contribution in [1.82, 2.24) is 15.1 Å². The van der Waals surface area contributed by atoms with E-state index in [9.17, 15) is 18.0 Å². The molecule has 9 heteroatoms. The van der Waals surface area contributed by atoms with Gasteiger partial charge in [-0.05, 0) is 53.2 Å². The van der Waals surface area contributed by atoms with Crippen molar-refractivity contribution in [2.45, 2.75) is 6.18 Å². The Morgan fingerprint density at radius 3 is 2.17 bits per heavy atom. The van der Waals surface area contributed by atoms with Crippen molar-refractivity contribution < 1.29 is 18.0 Å². The Kier molecular flexibility index (Phi) is 5.98. The van der Waals surface area contributed by atoms with Gasteiger partial charge in [0, 0.05) is 37.4 Å². The smallest absolute Gasteiger partial charge is 0.352 e. The minimum Gasteiger partial charge on any atom is -0.352 e. The largest absolute Gasteiger partial charge is 0.416 e. The zero-order valence-corrected chi connectivity index (χ0v) is 18.7. The standard InChI is InChI=1S/C26H22F3N5O/c27-26(28,29)21-7-9-22(10-8-21)30-25(35)34-15-13-33(14-16-34)24-12-11-23(31-32-24)20-6-5-18-3-1-2-4-19(18)17-20/h1-12,17H,13-16H2,(H,30,35). The molecule has 1 saturated heterocycles. The van der Waals surface area contributed by atoms with Crippen LogP contribution in [0.25, 0.3) is 22.0 Å². The lowest BCUT2D eigenvalue weighted by atomic mass is 10.1. The fraction of sp³-hybridized carbons (Fsp3) is 0.192. The maximum atomic E-state index is 12.7. The predicted molar refractivity (Wildman–Crippen MR) is 129 cm³/mol. The topological polar surface area (TPSA) is 61.4 Å². The van der Waals surface area contributed by atoms with Gasteiger partial charge < -0.3 is 15.1 Å². The number of fused-ring (bicyclic) bond motifs is 1. The number of piperazine rings is 1. The van der Waals surface area contributed by atoms with Crippen molar-refractivity contribution in [2.75, 3.05) is 36.4 Å². The van der Waals surface area contributed by atoms with E-state index in [2.05, 4.69) is 44.7 Å². The minimum atomic E-state index is -4.41. The maximum Gasteiger partial charge on any atom is 0.416 e. The molecule has 0 atom stereocenters. The average molecular weight is 477 g/mol. The van der Waals surface area contributed by atoms with Crippen LogP contribution >= 0.6 is 0 Å². The molecule has 178 valence electrons. The van der Waals surface area contributed by atoms with E-state index in [4.69, 9.17) is 0 Å². The van der Waals surface area contributed by atoms with E-state index in [0.29, 0.717) is 31.9 Å². The Morgan fingerprint density at radius 2 is 1.51 bits per heavy atom. The molecule has 2 heterocycles. The molecule has 0 unspecified atom stereocenters. The van der Waals surface area contributed by atoms with Crippen LogP contribution in [-0.4, -0.2) is 47.3 Å². The molecule has 0 spiro atoms. The minimum absolute atomic E-state index is 0.320. The normalized spacial score (nSPS) is 14.3. The van der Waals surface area contributed by atoms with Gasteiger partial charge >= 0.3 is 12.2 Å². The number of urea groups is 1. The van der Waals surface area contributed by atoms with Crippen LogP contribution in [0.4, 0.5) is 29.5 Å². The zero-order chi connectivity index (χ0) is 24.4. The van der Waals surface area contributed by atoms with Crippen molar-refractivity contribution in [3.8, 4) is 11.3 Å². The predicted octanol–water partition coefficient (Wildman–Crippen LogP) is 5.67. The van der Waals surface area contributed by atoms with Crippen LogP contribution in [0.1, 0.15) is 5.56 Å². The molecular weight excluding hydrogens is 455 g/mol. The van der Waals surface area contributed by atoms with Crippen LogP contribution in [-0.2, 0) is 6.18 Å². The lowest BCUT2D eigenvalue weighted by Crippen LogP contribution is -2.50. The summed E-state index contributed by atoms with van der Waals surface area (Å²) in [6.07, 6.45) is -4.41. The summed E-state index contributed by atoms with van der Waals surface area (Å²) in [4.78, 5) is 16.2. The number of benzene rings is 3. The number of rotatable bonds is 3. The molecular formula is C26H22F3N5O. The number of alkyl halides is 3. The van der Waals surface area contributed by atoms with Gasteiger partial charge in [0.25, 0.3) is 0 Å². The number of amides is 2. The second kappa shape index (κ2) is 9.25. The number of halogens is 3. The molecule has 1 fully saturated rings. The highest BCUT2D eigenvalue weighted by molar-refractivity contribution is 5.89. The van der Waals surface area contributed by atoms with Crippen molar-refractivity contribution in [1.29, 1.82) is 0 Å². The van der Waals surface area contributed by atoms with Gasteiger partial charge in [0.05, 0.1) is 11.3 Å². The number of anilines is 2. The van der Waals surface area contributed by atoms with E-state index in [1.165, 1.54) is 17.5 Å². The third-order valence-corrected chi connectivity index (χ3v) is 6.05. The van der Waals surface area contributed by atoms with Crippen LogP contribution < -0.4 is 10.2 Å². The first-order valence-electron chi connectivity index (χ1n) is 11.2. The number of nitrogens with zero attached hydrogens (tertiary/aromatic N) is 4. The Hall–Kier alpha value is -4.14. The van der Waals surface area contributed by atoms with E-state index >= 15 is 0 Å². The molecule has 3 aromatic carbocycles. The molecule has 2 amide bonds. The SMILES string of the molecule is O=C(Nc1ccc(C(F)(F)F)cc1)N1CCN(c2ccc(-c3ccc4ccccc4c3)nn2)CC1. The highest BCUT2D eigenvalue weighted by Crippen LogP contribution is 2.30. The molecule has 0 aliphatic carbocycles. The van der Waals surface area contributed by atoms with E-state index in [0.717, 1.165) is 34.6 Å². The first-order chi connectivity index (χ1) is 16.9. The Balaban J connectivity index is 1.18. The van der Waals surface area contributed by atoms with E-state index in [-0.39, 0.29) is 6.03 Å². The molecule has 1 aliphatic rings. The van der Waals surface area contributed by atoms with Gasteiger partial charge in [0.1, 0.15) is 0 Å². The number of nitrogens with one attached hydrogen (secondary N) is 1. The second-order valence-corrected chi connectivity index (χ2v) is 8.32. The number of carbonyl (C=O) groups is 1. The molecule has 0 saturated carbocycles. The molecule has 4 aromatic rings. The lowest BCUT2D eigenvalue weighted by molar-refractivity contribution is -0.137. The van der Waals surface area contributed by atoms with Gasteiger partial charge in [-0.3, -0.25) is 0 Å². The summed E-state index contributed by atoms with van der Waals surface area (Å²) in [6, 6.07) is 22.3. The number of carbonyl (C=O) groups excluding carboxylic acids is 1. The van der Waals surface area contributed by atoms with Gasteiger partial charge in [0.2, 0.25) is 0 Å². The summed E-state index contributed by atoms with van der Waals surface area (Å²) in [7, 11) is 0. The monoisotopic (exact) mass is 477 g/mol. The summed E-state index contributed by atoms with van der Waals surface area (Å²) in [5.41, 5.74) is 1.35. The van der Waals surface area contributed by atoms with Gasteiger partial charge in [0.15, 0.2) is 5.82 Å². The van der Waals surface area contributed by atoms with E-state index in [1.54, 1.807) is 4.90 Å². The number of hydrogen-bond donors (Lipinski definition) is 1. The van der Waals surface area contributed by atoms with Crippen LogP contribution in [0.15, 0.2) is 78.9 Å². The third kappa shape index (κ3) is 5.03. The quantitative estimate of drug-likeness (QED) is 0.413. The van der Waals surface area contributed by atoms with Crippen molar-refractivity contribution in [2.24, 2.45) is 0 Å². The summed E-state index contributed by atoms with van der Waals surface area (Å²) < 4.78 is 38.1. The van der Waals surface area contributed by atoms with Crippen molar-refractivity contribution in [3.05, 3.63) is 84.4 Å². The molecule has 1 N–H and O–H groups in total. The fourth-order valence-electron chi connectivity index (χ4n) is 4.08. The number of aromatic nitrogens is 2. The average Bonchev–Trinajstić information content (AvgIpc) is 2.88. The first kappa shape index (κ1) is 22.6. The summed E-state index contributed by atoms with van der Waals surface area (Å²) >= 11 is 0. The van der Waals surface area contributed by atoms with Crippen molar-refractivity contribution in [3.63, 3.8) is 0 Å². The van der Waals surface area contributed by atoms with Gasteiger partial charge in [-0.25, -0.2) is 4.79 Å². The third-order valence-electron chi connectivity index (χ3n) is 6.05. The van der Waals surface area contributed by atoms with Crippen LogP contribution in [0.5, 0.6) is 0 Å². The van der Waals surface area contributed by atoms with E-state index < -0.39 is 11.7 Å². The molecule has 1 aliphatic heterocycles. The van der Waals surface area contributed by atoms with Crippen LogP contribution in [0.2, 0.25) is 0 Å². The van der Waals surface area contributed by atoms with E-state index in [1.807, 2.05) is 30.3 Å². The lowest BCUT2D eigenvalue weighted by Gasteiger charge is -2.35.